The van der Waals surface area contributed by atoms with Crippen LogP contribution >= 0.6 is 0 Å². The second-order valence-electron chi connectivity index (χ2n) is 6.64. The highest BCUT2D eigenvalue weighted by molar-refractivity contribution is 5.96. The quantitative estimate of drug-likeness (QED) is 0.311. The van der Waals surface area contributed by atoms with E-state index in [1.54, 1.807) is 48.5 Å². The summed E-state index contributed by atoms with van der Waals surface area (Å²) in [6.07, 6.45) is 0.262. The molecule has 0 unspecified atom stereocenters. The first-order valence-electron chi connectivity index (χ1n) is 9.49. The van der Waals surface area contributed by atoms with Gasteiger partial charge in [0.05, 0.1) is 23.0 Å². The summed E-state index contributed by atoms with van der Waals surface area (Å²) in [6, 6.07) is 21.5. The number of nitro benzene ring substituents is 1. The zero-order valence-electron chi connectivity index (χ0n) is 16.8. The van der Waals surface area contributed by atoms with Crippen molar-refractivity contribution in [3.05, 3.63) is 94.0 Å². The summed E-state index contributed by atoms with van der Waals surface area (Å²) in [5, 5.41) is 25.6. The number of rotatable bonds is 8. The van der Waals surface area contributed by atoms with E-state index in [1.807, 2.05) is 12.1 Å². The number of amides is 1. The van der Waals surface area contributed by atoms with E-state index in [0.29, 0.717) is 11.4 Å². The van der Waals surface area contributed by atoms with E-state index in [1.165, 1.54) is 12.1 Å². The van der Waals surface area contributed by atoms with Crippen LogP contribution in [0, 0.1) is 21.4 Å². The first-order valence-corrected chi connectivity index (χ1v) is 9.49. The highest BCUT2D eigenvalue weighted by atomic mass is 16.6. The minimum absolute atomic E-state index is 0.0519. The predicted octanol–water partition coefficient (Wildman–Crippen LogP) is 4.20. The molecule has 0 aromatic heterocycles. The van der Waals surface area contributed by atoms with Crippen molar-refractivity contribution in [1.82, 2.24) is 0 Å². The summed E-state index contributed by atoms with van der Waals surface area (Å²) < 4.78 is 4.98. The number of hydrogen-bond acceptors (Lipinski definition) is 7. The Hall–Kier alpha value is -4.71. The molecule has 0 saturated heterocycles. The largest absolute Gasteiger partial charge is 0.452 e. The lowest BCUT2D eigenvalue weighted by Crippen LogP contribution is -2.21. The van der Waals surface area contributed by atoms with Crippen molar-refractivity contribution in [2.45, 2.75) is 6.42 Å². The molecule has 3 aromatic carbocycles. The van der Waals surface area contributed by atoms with Gasteiger partial charge in [-0.05, 0) is 42.0 Å². The van der Waals surface area contributed by atoms with E-state index in [2.05, 4.69) is 10.6 Å². The van der Waals surface area contributed by atoms with Crippen molar-refractivity contribution < 1.29 is 19.2 Å². The third-order valence-electron chi connectivity index (χ3n) is 4.34. The molecule has 0 spiro atoms. The minimum Gasteiger partial charge on any atom is -0.452 e. The number of benzene rings is 3. The van der Waals surface area contributed by atoms with Crippen molar-refractivity contribution in [2.24, 2.45) is 0 Å². The molecule has 3 rings (SSSR count). The predicted molar refractivity (Wildman–Crippen MR) is 117 cm³/mol. The Kier molecular flexibility index (Phi) is 7.12. The van der Waals surface area contributed by atoms with Crippen LogP contribution in [0.2, 0.25) is 0 Å². The average Bonchev–Trinajstić information content (AvgIpc) is 2.80. The molecule has 1 amide bonds. The fraction of sp³-hybridized carbons (Fsp3) is 0.0870. The number of para-hydroxylation sites is 1. The summed E-state index contributed by atoms with van der Waals surface area (Å²) in [6.45, 7) is -0.559. The first-order chi connectivity index (χ1) is 15.5. The topological polar surface area (TPSA) is 134 Å². The Labute approximate surface area is 183 Å². The number of carbonyl (C=O) groups is 2. The average molecular weight is 430 g/mol. The number of carbonyl (C=O) groups excluding carboxylic acids is 2. The van der Waals surface area contributed by atoms with Crippen LogP contribution in [0.4, 0.5) is 22.7 Å². The van der Waals surface area contributed by atoms with E-state index >= 15 is 0 Å². The van der Waals surface area contributed by atoms with Crippen LogP contribution in [-0.4, -0.2) is 23.4 Å². The molecule has 3 aromatic rings. The van der Waals surface area contributed by atoms with E-state index < -0.39 is 23.4 Å². The van der Waals surface area contributed by atoms with Crippen LogP contribution < -0.4 is 10.6 Å². The molecule has 9 heteroatoms. The lowest BCUT2D eigenvalue weighted by Gasteiger charge is -2.09. The molecular formula is C23H18N4O5. The van der Waals surface area contributed by atoms with Crippen LogP contribution in [0.5, 0.6) is 0 Å². The molecule has 0 aliphatic carbocycles. The summed E-state index contributed by atoms with van der Waals surface area (Å²) in [4.78, 5) is 35.2. The van der Waals surface area contributed by atoms with Gasteiger partial charge in [-0.1, -0.05) is 30.3 Å². The Morgan fingerprint density at radius 2 is 1.72 bits per heavy atom. The van der Waals surface area contributed by atoms with Crippen molar-refractivity contribution in [3.8, 4) is 6.07 Å². The van der Waals surface area contributed by atoms with Gasteiger partial charge in [0.2, 0.25) is 0 Å². The van der Waals surface area contributed by atoms with Gasteiger partial charge in [0.1, 0.15) is 5.69 Å². The molecule has 0 bridgehead atoms. The third-order valence-corrected chi connectivity index (χ3v) is 4.34. The van der Waals surface area contributed by atoms with Gasteiger partial charge >= 0.3 is 5.97 Å². The van der Waals surface area contributed by atoms with Gasteiger partial charge in [-0.3, -0.25) is 14.9 Å². The van der Waals surface area contributed by atoms with Crippen molar-refractivity contribution in [1.29, 1.82) is 5.26 Å². The lowest BCUT2D eigenvalue weighted by molar-refractivity contribution is -0.383. The summed E-state index contributed by atoms with van der Waals surface area (Å²) in [7, 11) is 0. The molecule has 2 N–H and O–H groups in total. The van der Waals surface area contributed by atoms with Crippen LogP contribution in [0.15, 0.2) is 72.8 Å². The maximum absolute atomic E-state index is 12.3. The molecule has 0 aliphatic heterocycles. The maximum atomic E-state index is 12.3. The number of ether oxygens (including phenoxy) is 1. The number of esters is 1. The van der Waals surface area contributed by atoms with Crippen LogP contribution in [0.1, 0.15) is 15.9 Å². The van der Waals surface area contributed by atoms with Crippen molar-refractivity contribution in [3.63, 3.8) is 0 Å². The SMILES string of the molecule is N#CCc1ccc(NC(=O)COC(=O)c2ccc(Nc3ccccc3)c([N+](=O)[O-])c2)cc1. The number of anilines is 3. The van der Waals surface area contributed by atoms with Gasteiger partial charge in [0.25, 0.3) is 11.6 Å². The molecule has 0 saturated carbocycles. The monoisotopic (exact) mass is 430 g/mol. The molecule has 160 valence electrons. The normalized spacial score (nSPS) is 9.97. The number of hydrogen-bond donors (Lipinski definition) is 2. The first kappa shape index (κ1) is 22.0. The Morgan fingerprint density at radius 1 is 1.00 bits per heavy atom. The third kappa shape index (κ3) is 5.90. The molecule has 0 aliphatic rings. The van der Waals surface area contributed by atoms with Gasteiger partial charge in [-0.15, -0.1) is 0 Å². The minimum atomic E-state index is -0.862. The van der Waals surface area contributed by atoms with Crippen LogP contribution in [0.25, 0.3) is 0 Å². The lowest BCUT2D eigenvalue weighted by atomic mass is 10.1. The smallest absolute Gasteiger partial charge is 0.338 e. The van der Waals surface area contributed by atoms with E-state index in [0.717, 1.165) is 11.6 Å². The van der Waals surface area contributed by atoms with Crippen molar-refractivity contribution >= 4 is 34.6 Å². The number of nitrogens with zero attached hydrogens (tertiary/aromatic N) is 2. The number of nitrogens with one attached hydrogen (secondary N) is 2. The Morgan fingerprint density at radius 3 is 2.38 bits per heavy atom. The number of nitriles is 1. The Bertz CT molecular complexity index is 1170. The van der Waals surface area contributed by atoms with E-state index in [4.69, 9.17) is 10.00 Å². The second-order valence-corrected chi connectivity index (χ2v) is 6.64. The fourth-order valence-corrected chi connectivity index (χ4v) is 2.80. The molecule has 0 heterocycles. The molecule has 0 fully saturated rings. The number of nitro groups is 1. The molecule has 9 nitrogen and oxygen atoms in total. The highest BCUT2D eigenvalue weighted by Gasteiger charge is 2.19. The summed E-state index contributed by atoms with van der Waals surface area (Å²) >= 11 is 0. The Balaban J connectivity index is 1.61. The van der Waals surface area contributed by atoms with Crippen LogP contribution in [0.3, 0.4) is 0 Å². The summed E-state index contributed by atoms with van der Waals surface area (Å²) in [5.74, 6) is -1.43. The van der Waals surface area contributed by atoms with Gasteiger partial charge < -0.3 is 15.4 Å². The second kappa shape index (κ2) is 10.4. The molecule has 0 radical (unpaired) electrons. The standard InChI is InChI=1S/C23H18N4O5/c24-13-12-16-6-9-19(10-7-16)26-22(28)15-32-23(29)17-8-11-20(21(14-17)27(30)31)25-18-4-2-1-3-5-18/h1-11,14,25H,12,15H2,(H,26,28). The fourth-order valence-electron chi connectivity index (χ4n) is 2.80. The zero-order valence-corrected chi connectivity index (χ0v) is 16.8. The molecule has 0 atom stereocenters. The van der Waals surface area contributed by atoms with Gasteiger partial charge in [-0.25, -0.2) is 4.79 Å². The van der Waals surface area contributed by atoms with Gasteiger partial charge in [0.15, 0.2) is 6.61 Å². The van der Waals surface area contributed by atoms with Crippen LogP contribution in [-0.2, 0) is 16.0 Å². The van der Waals surface area contributed by atoms with Gasteiger partial charge in [0, 0.05) is 17.4 Å². The van der Waals surface area contributed by atoms with E-state index in [-0.39, 0.29) is 23.4 Å². The molecular weight excluding hydrogens is 412 g/mol. The maximum Gasteiger partial charge on any atom is 0.338 e. The molecule has 32 heavy (non-hydrogen) atoms. The zero-order chi connectivity index (χ0) is 22.9. The highest BCUT2D eigenvalue weighted by Crippen LogP contribution is 2.29. The van der Waals surface area contributed by atoms with Crippen molar-refractivity contribution in [2.75, 3.05) is 17.2 Å². The van der Waals surface area contributed by atoms with Gasteiger partial charge in [-0.2, -0.15) is 5.26 Å². The summed E-state index contributed by atoms with van der Waals surface area (Å²) in [5.41, 5.74) is 1.82. The van der Waals surface area contributed by atoms with E-state index in [9.17, 15) is 19.7 Å².